The van der Waals surface area contributed by atoms with Crippen molar-refractivity contribution in [1.82, 2.24) is 19.7 Å². The van der Waals surface area contributed by atoms with Crippen molar-refractivity contribution in [3.63, 3.8) is 0 Å². The molecule has 31 heavy (non-hydrogen) atoms. The number of thiophene rings is 1. The highest BCUT2D eigenvalue weighted by Crippen LogP contribution is 2.35. The van der Waals surface area contributed by atoms with E-state index < -0.39 is 0 Å². The second-order valence-electron chi connectivity index (χ2n) is 7.35. The van der Waals surface area contributed by atoms with Crippen LogP contribution in [0.15, 0.2) is 64.4 Å². The largest absolute Gasteiger partial charge is 0.302 e. The zero-order valence-electron chi connectivity index (χ0n) is 17.4. The number of hydrogen-bond acceptors (Lipinski definition) is 6. The predicted molar refractivity (Wildman–Crippen MR) is 133 cm³/mol. The van der Waals surface area contributed by atoms with Gasteiger partial charge in [0, 0.05) is 44.3 Å². The summed E-state index contributed by atoms with van der Waals surface area (Å²) in [4.78, 5) is 4.87. The molecule has 0 aliphatic carbocycles. The van der Waals surface area contributed by atoms with Gasteiger partial charge in [0.2, 0.25) is 0 Å². The van der Waals surface area contributed by atoms with Crippen molar-refractivity contribution in [2.75, 3.05) is 0 Å². The van der Waals surface area contributed by atoms with Crippen LogP contribution in [0.25, 0.3) is 32.0 Å². The first-order chi connectivity index (χ1) is 15.2. The van der Waals surface area contributed by atoms with Crippen molar-refractivity contribution >= 4 is 44.5 Å². The van der Waals surface area contributed by atoms with Crippen molar-refractivity contribution in [2.24, 2.45) is 0 Å². The molecule has 0 spiro atoms. The van der Waals surface area contributed by atoms with Crippen LogP contribution in [0.1, 0.15) is 24.6 Å². The molecule has 0 radical (unpaired) electrons. The van der Waals surface area contributed by atoms with Gasteiger partial charge < -0.3 is 4.57 Å². The minimum atomic E-state index is 0.786. The molecule has 3 aromatic heterocycles. The molecule has 0 fully saturated rings. The summed E-state index contributed by atoms with van der Waals surface area (Å²) in [6.45, 7) is 5.23. The maximum atomic E-state index is 4.87. The highest BCUT2D eigenvalue weighted by atomic mass is 32.2. The van der Waals surface area contributed by atoms with Crippen LogP contribution in [0, 0.1) is 6.92 Å². The van der Waals surface area contributed by atoms with Gasteiger partial charge in [0.05, 0.1) is 5.69 Å². The Morgan fingerprint density at radius 1 is 0.935 bits per heavy atom. The van der Waals surface area contributed by atoms with Crippen LogP contribution in [0.5, 0.6) is 0 Å². The lowest BCUT2D eigenvalue weighted by molar-refractivity contribution is 0.626. The Balaban J connectivity index is 1.40. The number of benzene rings is 2. The highest BCUT2D eigenvalue weighted by Gasteiger charge is 2.17. The summed E-state index contributed by atoms with van der Waals surface area (Å²) in [6.07, 6.45) is 1.04. The third-order valence-corrected chi connectivity index (χ3v) is 8.05. The molecule has 5 rings (SSSR count). The third-order valence-electron chi connectivity index (χ3n) is 5.16. The van der Waals surface area contributed by atoms with E-state index in [-0.39, 0.29) is 0 Å². The average molecular weight is 463 g/mol. The van der Waals surface area contributed by atoms with Crippen LogP contribution in [-0.4, -0.2) is 19.7 Å². The van der Waals surface area contributed by atoms with Gasteiger partial charge in [0.15, 0.2) is 11.0 Å². The summed E-state index contributed by atoms with van der Waals surface area (Å²) >= 11 is 5.18. The Morgan fingerprint density at radius 3 is 2.65 bits per heavy atom. The fraction of sp³-hybridized carbons (Fsp3) is 0.208. The molecule has 0 aliphatic heterocycles. The Labute approximate surface area is 194 Å². The van der Waals surface area contributed by atoms with Crippen LogP contribution in [0.3, 0.4) is 0 Å². The molecule has 7 heteroatoms. The number of rotatable bonds is 7. The molecule has 0 amide bonds. The van der Waals surface area contributed by atoms with Crippen molar-refractivity contribution in [1.29, 1.82) is 0 Å². The SMILES string of the molecule is CCCn1c(SCc2csc(-c3ccccc3C)n2)nnc1-c1csc2ccccc12. The summed E-state index contributed by atoms with van der Waals surface area (Å²) in [5, 5.41) is 16.8. The zero-order chi connectivity index (χ0) is 21.2. The van der Waals surface area contributed by atoms with Crippen molar-refractivity contribution in [3.8, 4) is 22.0 Å². The molecule has 0 unspecified atom stereocenters. The maximum Gasteiger partial charge on any atom is 0.191 e. The fourth-order valence-corrected chi connectivity index (χ4v) is 6.43. The molecule has 4 nitrogen and oxygen atoms in total. The Kier molecular flexibility index (Phi) is 5.89. The first-order valence-electron chi connectivity index (χ1n) is 10.3. The lowest BCUT2D eigenvalue weighted by atomic mass is 10.1. The summed E-state index contributed by atoms with van der Waals surface area (Å²) in [7, 11) is 0. The fourth-order valence-electron chi connectivity index (χ4n) is 3.62. The summed E-state index contributed by atoms with van der Waals surface area (Å²) in [5.41, 5.74) is 4.72. The number of thiazole rings is 1. The molecule has 156 valence electrons. The average Bonchev–Trinajstić information content (AvgIpc) is 3.51. The topological polar surface area (TPSA) is 43.6 Å². The standard InChI is InChI=1S/C24H22N4S3/c1-3-12-28-22(20-15-29-21-11-7-6-10-19(20)21)26-27-24(28)31-14-17-13-30-23(25-17)18-9-5-4-8-16(18)2/h4-11,13,15H,3,12,14H2,1-2H3. The molecular formula is C24H22N4S3. The highest BCUT2D eigenvalue weighted by molar-refractivity contribution is 7.98. The van der Waals surface area contributed by atoms with Gasteiger partial charge in [-0.15, -0.1) is 32.9 Å². The summed E-state index contributed by atoms with van der Waals surface area (Å²) < 4.78 is 3.54. The van der Waals surface area contributed by atoms with E-state index in [1.165, 1.54) is 26.8 Å². The lowest BCUT2D eigenvalue weighted by Gasteiger charge is -2.08. The molecule has 2 aromatic carbocycles. The number of aryl methyl sites for hydroxylation is 1. The minimum absolute atomic E-state index is 0.786. The summed E-state index contributed by atoms with van der Waals surface area (Å²) in [5.74, 6) is 1.75. The smallest absolute Gasteiger partial charge is 0.191 e. The van der Waals surface area contributed by atoms with Gasteiger partial charge in [0.1, 0.15) is 5.01 Å². The Hall–Kier alpha value is -2.48. The number of nitrogens with zero attached hydrogens (tertiary/aromatic N) is 4. The van der Waals surface area contributed by atoms with Gasteiger partial charge in [-0.3, -0.25) is 0 Å². The molecule has 5 aromatic rings. The molecule has 0 N–H and O–H groups in total. The second kappa shape index (κ2) is 8.94. The van der Waals surface area contributed by atoms with Crippen molar-refractivity contribution < 1.29 is 0 Å². The molecule has 0 saturated heterocycles. The molecular weight excluding hydrogens is 440 g/mol. The Morgan fingerprint density at radius 2 is 1.77 bits per heavy atom. The van der Waals surface area contributed by atoms with E-state index in [1.54, 1.807) is 34.4 Å². The van der Waals surface area contributed by atoms with Gasteiger partial charge >= 0.3 is 0 Å². The molecule has 0 aliphatic rings. The van der Waals surface area contributed by atoms with E-state index in [1.807, 2.05) is 0 Å². The zero-order valence-corrected chi connectivity index (χ0v) is 19.9. The number of hydrogen-bond donors (Lipinski definition) is 0. The van der Waals surface area contributed by atoms with Gasteiger partial charge in [-0.1, -0.05) is 61.2 Å². The van der Waals surface area contributed by atoms with Crippen LogP contribution >= 0.6 is 34.4 Å². The molecule has 3 heterocycles. The monoisotopic (exact) mass is 462 g/mol. The number of aromatic nitrogens is 4. The second-order valence-corrected chi connectivity index (χ2v) is 10.1. The van der Waals surface area contributed by atoms with Crippen molar-refractivity contribution in [2.45, 2.75) is 37.7 Å². The van der Waals surface area contributed by atoms with Crippen LogP contribution < -0.4 is 0 Å². The maximum absolute atomic E-state index is 4.87. The Bertz CT molecular complexity index is 1330. The number of thioether (sulfide) groups is 1. The van der Waals surface area contributed by atoms with E-state index in [2.05, 4.69) is 87.9 Å². The minimum Gasteiger partial charge on any atom is -0.302 e. The molecule has 0 atom stereocenters. The number of fused-ring (bicyclic) bond motifs is 1. The van der Waals surface area contributed by atoms with E-state index in [4.69, 9.17) is 4.98 Å². The first kappa shape index (κ1) is 20.4. The van der Waals surface area contributed by atoms with E-state index in [0.29, 0.717) is 0 Å². The normalized spacial score (nSPS) is 11.4. The van der Waals surface area contributed by atoms with Crippen LogP contribution in [0.4, 0.5) is 0 Å². The lowest BCUT2D eigenvalue weighted by Crippen LogP contribution is -2.01. The van der Waals surface area contributed by atoms with Gasteiger partial charge in [-0.2, -0.15) is 0 Å². The van der Waals surface area contributed by atoms with Crippen LogP contribution in [0.2, 0.25) is 0 Å². The predicted octanol–water partition coefficient (Wildman–Crippen LogP) is 7.29. The quantitative estimate of drug-likeness (QED) is 0.238. The van der Waals surface area contributed by atoms with Gasteiger partial charge in [0.25, 0.3) is 0 Å². The van der Waals surface area contributed by atoms with E-state index >= 15 is 0 Å². The van der Waals surface area contributed by atoms with Gasteiger partial charge in [-0.05, 0) is 25.0 Å². The first-order valence-corrected chi connectivity index (χ1v) is 13.0. The van der Waals surface area contributed by atoms with Gasteiger partial charge in [-0.25, -0.2) is 4.98 Å². The van der Waals surface area contributed by atoms with Crippen molar-refractivity contribution in [3.05, 3.63) is 70.5 Å². The molecule has 0 saturated carbocycles. The van der Waals surface area contributed by atoms with E-state index in [9.17, 15) is 0 Å². The third kappa shape index (κ3) is 4.05. The van der Waals surface area contributed by atoms with E-state index in [0.717, 1.165) is 40.4 Å². The van der Waals surface area contributed by atoms with Crippen LogP contribution in [-0.2, 0) is 12.3 Å². The summed E-state index contributed by atoms with van der Waals surface area (Å²) in [6, 6.07) is 16.9. The molecule has 0 bridgehead atoms.